The number of nitriles is 1. The number of alkyl halides is 3. The molecule has 2 saturated heterocycles. The molecule has 14 heteroatoms. The summed E-state index contributed by atoms with van der Waals surface area (Å²) in [6.07, 6.45) is -0.684. The van der Waals surface area contributed by atoms with Gasteiger partial charge < -0.3 is 10.1 Å². The van der Waals surface area contributed by atoms with Crippen molar-refractivity contribution >= 4 is 11.5 Å². The zero-order chi connectivity index (χ0) is 28.7. The van der Waals surface area contributed by atoms with Crippen LogP contribution in [0.25, 0.3) is 16.9 Å². The molecule has 41 heavy (non-hydrogen) atoms. The number of nitrogens with zero attached hydrogens (tertiary/aromatic N) is 8. The SMILES string of the molecule is Cc1c(-c2cc(NCC(c3ccc(F)cn3)C(F)(F)F)n3c(C#N)cnc3c2)nnn1C1CCN(C2COC2)CC1. The van der Waals surface area contributed by atoms with Crippen molar-refractivity contribution < 1.29 is 22.3 Å². The van der Waals surface area contributed by atoms with Crippen molar-refractivity contribution in [3.8, 4) is 17.3 Å². The molecule has 6 heterocycles. The molecule has 1 N–H and O–H groups in total. The standard InChI is InChI=1S/C27H27F4N9O/c1-16-26(36-37-40(16)19-4-6-38(7-5-19)21-14-41-15-21)17-8-24-34-12-20(10-32)39(24)25(9-17)35-13-22(27(29,30)31)23-3-2-18(28)11-33-23/h2-3,8-9,11-12,19,21-22,35H,4-7,13-15H2,1H3. The third-order valence-corrected chi connectivity index (χ3v) is 7.89. The van der Waals surface area contributed by atoms with Crippen LogP contribution in [0.1, 0.15) is 41.9 Å². The van der Waals surface area contributed by atoms with Gasteiger partial charge >= 0.3 is 6.18 Å². The van der Waals surface area contributed by atoms with Crippen molar-refractivity contribution in [2.24, 2.45) is 0 Å². The van der Waals surface area contributed by atoms with Gasteiger partial charge in [0.2, 0.25) is 0 Å². The van der Waals surface area contributed by atoms with Crippen molar-refractivity contribution in [1.82, 2.24) is 34.3 Å². The minimum atomic E-state index is -4.65. The van der Waals surface area contributed by atoms with E-state index in [2.05, 4.69) is 30.5 Å². The molecule has 214 valence electrons. The number of likely N-dealkylation sites (tertiary alicyclic amines) is 1. The third kappa shape index (κ3) is 5.22. The molecule has 0 aliphatic carbocycles. The van der Waals surface area contributed by atoms with Gasteiger partial charge in [0.25, 0.3) is 0 Å². The Bertz CT molecular complexity index is 1580. The van der Waals surface area contributed by atoms with Gasteiger partial charge in [0, 0.05) is 25.2 Å². The highest BCUT2D eigenvalue weighted by Crippen LogP contribution is 2.35. The fourth-order valence-electron chi connectivity index (χ4n) is 5.53. The first-order valence-corrected chi connectivity index (χ1v) is 13.3. The van der Waals surface area contributed by atoms with E-state index in [0.29, 0.717) is 22.9 Å². The molecular weight excluding hydrogens is 542 g/mol. The second-order valence-electron chi connectivity index (χ2n) is 10.4. The van der Waals surface area contributed by atoms with Gasteiger partial charge in [-0.05, 0) is 44.0 Å². The first-order chi connectivity index (χ1) is 19.7. The van der Waals surface area contributed by atoms with Crippen molar-refractivity contribution in [3.63, 3.8) is 0 Å². The number of aromatic nitrogens is 6. The molecule has 10 nitrogen and oxygen atoms in total. The summed E-state index contributed by atoms with van der Waals surface area (Å²) in [4.78, 5) is 10.4. The van der Waals surface area contributed by atoms with Crippen LogP contribution >= 0.6 is 0 Å². The van der Waals surface area contributed by atoms with E-state index in [-0.39, 0.29) is 23.2 Å². The number of pyridine rings is 2. The second kappa shape index (κ2) is 10.7. The summed E-state index contributed by atoms with van der Waals surface area (Å²) in [5.74, 6) is -2.51. The van der Waals surface area contributed by atoms with Crippen LogP contribution in [-0.2, 0) is 4.74 Å². The fourth-order valence-corrected chi connectivity index (χ4v) is 5.53. The van der Waals surface area contributed by atoms with Gasteiger partial charge in [0.05, 0.1) is 49.1 Å². The second-order valence-corrected chi connectivity index (χ2v) is 10.4. The average Bonchev–Trinajstić information content (AvgIpc) is 3.51. The van der Waals surface area contributed by atoms with Gasteiger partial charge in [-0.15, -0.1) is 5.10 Å². The molecule has 6 rings (SSSR count). The van der Waals surface area contributed by atoms with Gasteiger partial charge in [-0.2, -0.15) is 18.4 Å². The smallest absolute Gasteiger partial charge is 0.378 e. The molecular formula is C27H27F4N9O. The Morgan fingerprint density at radius 3 is 2.54 bits per heavy atom. The number of hydrogen-bond acceptors (Lipinski definition) is 8. The molecule has 0 spiro atoms. The fraction of sp³-hybridized carbons (Fsp3) is 0.444. The van der Waals surface area contributed by atoms with E-state index in [0.717, 1.165) is 63.2 Å². The normalized spacial score (nSPS) is 17.9. The molecule has 1 unspecified atom stereocenters. The van der Waals surface area contributed by atoms with Gasteiger partial charge in [-0.25, -0.2) is 14.1 Å². The van der Waals surface area contributed by atoms with Crippen molar-refractivity contribution in [2.45, 2.75) is 43.9 Å². The number of rotatable bonds is 7. The number of nitrogens with one attached hydrogen (secondary N) is 1. The first-order valence-electron chi connectivity index (χ1n) is 13.3. The lowest BCUT2D eigenvalue weighted by Crippen LogP contribution is -2.52. The summed E-state index contributed by atoms with van der Waals surface area (Å²) in [5.41, 5.74) is 2.23. The summed E-state index contributed by atoms with van der Waals surface area (Å²) in [6, 6.07) is 8.03. The Hall–Kier alpha value is -4.09. The Morgan fingerprint density at radius 1 is 1.12 bits per heavy atom. The molecule has 1 atom stereocenters. The first kappa shape index (κ1) is 27.1. The third-order valence-electron chi connectivity index (χ3n) is 7.89. The van der Waals surface area contributed by atoms with Gasteiger partial charge in [-0.1, -0.05) is 5.21 Å². The predicted molar refractivity (Wildman–Crippen MR) is 140 cm³/mol. The molecule has 0 aromatic carbocycles. The lowest BCUT2D eigenvalue weighted by molar-refractivity contribution is -0.148. The summed E-state index contributed by atoms with van der Waals surface area (Å²) >= 11 is 0. The summed E-state index contributed by atoms with van der Waals surface area (Å²) in [5, 5.41) is 21.3. The molecule has 0 radical (unpaired) electrons. The predicted octanol–water partition coefficient (Wildman–Crippen LogP) is 4.10. The minimum Gasteiger partial charge on any atom is -0.378 e. The van der Waals surface area contributed by atoms with Crippen LogP contribution in [0.2, 0.25) is 0 Å². The number of piperidine rings is 1. The topological polar surface area (TPSA) is 109 Å². The molecule has 0 bridgehead atoms. The van der Waals surface area contributed by atoms with E-state index >= 15 is 0 Å². The highest BCUT2D eigenvalue weighted by molar-refractivity contribution is 5.71. The lowest BCUT2D eigenvalue weighted by Gasteiger charge is -2.41. The van der Waals surface area contributed by atoms with E-state index in [4.69, 9.17) is 4.74 Å². The summed E-state index contributed by atoms with van der Waals surface area (Å²) < 4.78 is 64.0. The van der Waals surface area contributed by atoms with Crippen LogP contribution in [0.4, 0.5) is 23.4 Å². The average molecular weight is 570 g/mol. The van der Waals surface area contributed by atoms with Gasteiger partial charge in [-0.3, -0.25) is 14.3 Å². The number of imidazole rings is 1. The summed E-state index contributed by atoms with van der Waals surface area (Å²) in [6.45, 7) is 4.77. The van der Waals surface area contributed by atoms with Crippen molar-refractivity contribution in [1.29, 1.82) is 5.26 Å². The monoisotopic (exact) mass is 569 g/mol. The van der Waals surface area contributed by atoms with Crippen molar-refractivity contribution in [3.05, 3.63) is 59.6 Å². The van der Waals surface area contributed by atoms with E-state index < -0.39 is 24.5 Å². The quantitative estimate of drug-likeness (QED) is 0.332. The van der Waals surface area contributed by atoms with Crippen LogP contribution in [0.5, 0.6) is 0 Å². The van der Waals surface area contributed by atoms with E-state index in [1.165, 1.54) is 10.6 Å². The number of halogens is 4. The number of ether oxygens (including phenoxy) is 1. The number of hydrogen-bond donors (Lipinski definition) is 1. The number of fused-ring (bicyclic) bond motifs is 1. The Balaban J connectivity index is 1.29. The van der Waals surface area contributed by atoms with E-state index in [9.17, 15) is 22.8 Å². The zero-order valence-corrected chi connectivity index (χ0v) is 22.1. The van der Waals surface area contributed by atoms with E-state index in [1.54, 1.807) is 12.1 Å². The highest BCUT2D eigenvalue weighted by atomic mass is 19.4. The maximum Gasteiger partial charge on any atom is 0.398 e. The van der Waals surface area contributed by atoms with Gasteiger partial charge in [0.15, 0.2) is 0 Å². The lowest BCUT2D eigenvalue weighted by atomic mass is 10.0. The largest absolute Gasteiger partial charge is 0.398 e. The summed E-state index contributed by atoms with van der Waals surface area (Å²) in [7, 11) is 0. The molecule has 0 saturated carbocycles. The number of anilines is 1. The Kier molecular flexibility index (Phi) is 7.08. The van der Waals surface area contributed by atoms with Gasteiger partial charge in [0.1, 0.15) is 40.7 Å². The molecule has 2 aliphatic heterocycles. The van der Waals surface area contributed by atoms with Crippen LogP contribution < -0.4 is 5.32 Å². The van der Waals surface area contributed by atoms with Crippen LogP contribution in [-0.4, -0.2) is 79.3 Å². The Labute approximate surface area is 232 Å². The minimum absolute atomic E-state index is 0.154. The van der Waals surface area contributed by atoms with Crippen LogP contribution in [0.15, 0.2) is 36.7 Å². The van der Waals surface area contributed by atoms with E-state index in [1.807, 2.05) is 17.7 Å². The van der Waals surface area contributed by atoms with Crippen LogP contribution in [0.3, 0.4) is 0 Å². The molecule has 2 aliphatic rings. The maximum atomic E-state index is 14.0. The molecule has 4 aromatic heterocycles. The van der Waals surface area contributed by atoms with Crippen molar-refractivity contribution in [2.75, 3.05) is 38.2 Å². The Morgan fingerprint density at radius 2 is 1.90 bits per heavy atom. The molecule has 0 amide bonds. The zero-order valence-electron chi connectivity index (χ0n) is 22.1. The molecule has 4 aromatic rings. The maximum absolute atomic E-state index is 14.0. The highest BCUT2D eigenvalue weighted by Gasteiger charge is 2.41. The van der Waals surface area contributed by atoms with Crippen LogP contribution in [0, 0.1) is 24.1 Å². The molecule has 2 fully saturated rings.